The number of allylic oxidation sites excluding steroid dienone is 1. The van der Waals surface area contributed by atoms with Crippen molar-refractivity contribution in [3.05, 3.63) is 119 Å². The average Bonchev–Trinajstić information content (AvgIpc) is 3.49. The molecule has 1 aromatic heterocycles. The third-order valence-electron chi connectivity index (χ3n) is 7.63. The molecule has 1 atom stereocenters. The molecule has 3 heterocycles. The Morgan fingerprint density at radius 1 is 1.02 bits per heavy atom. The predicted molar refractivity (Wildman–Crippen MR) is 168 cm³/mol. The molecule has 2 aliphatic rings. The van der Waals surface area contributed by atoms with E-state index in [1.807, 2.05) is 36.4 Å². The van der Waals surface area contributed by atoms with Gasteiger partial charge in [0.25, 0.3) is 11.5 Å². The highest BCUT2D eigenvalue weighted by Gasteiger charge is 2.38. The van der Waals surface area contributed by atoms with Gasteiger partial charge in [-0.3, -0.25) is 14.2 Å². The summed E-state index contributed by atoms with van der Waals surface area (Å²) in [5, 5.41) is 0.601. The Balaban J connectivity index is 1.59. The van der Waals surface area contributed by atoms with E-state index in [4.69, 9.17) is 25.8 Å². The molecular weight excluding hydrogens is 602 g/mol. The fourth-order valence-corrected chi connectivity index (χ4v) is 6.87. The first-order valence-electron chi connectivity index (χ1n) is 13.9. The topological polar surface area (TPSA) is 99.4 Å². The lowest BCUT2D eigenvalue weighted by atomic mass is 9.95. The van der Waals surface area contributed by atoms with Crippen LogP contribution < -0.4 is 29.3 Å². The zero-order valence-electron chi connectivity index (χ0n) is 24.4. The third kappa shape index (κ3) is 4.89. The van der Waals surface area contributed by atoms with Crippen LogP contribution in [0.1, 0.15) is 36.6 Å². The summed E-state index contributed by atoms with van der Waals surface area (Å²) >= 11 is 7.20. The molecule has 6 rings (SSSR count). The maximum atomic E-state index is 14.5. The summed E-state index contributed by atoms with van der Waals surface area (Å²) in [6.45, 7) is 3.87. The lowest BCUT2D eigenvalue weighted by molar-refractivity contribution is -0.139. The molecule has 2 aliphatic heterocycles. The van der Waals surface area contributed by atoms with Crippen molar-refractivity contribution in [1.82, 2.24) is 4.57 Å². The van der Waals surface area contributed by atoms with Crippen molar-refractivity contribution < 1.29 is 23.8 Å². The van der Waals surface area contributed by atoms with E-state index in [0.717, 1.165) is 16.9 Å². The zero-order chi connectivity index (χ0) is 31.1. The normalized spacial score (nSPS) is 16.8. The Labute approximate surface area is 261 Å². The number of para-hydroxylation sites is 1. The van der Waals surface area contributed by atoms with Crippen LogP contribution in [0.5, 0.6) is 11.5 Å². The minimum absolute atomic E-state index is 0.144. The summed E-state index contributed by atoms with van der Waals surface area (Å²) < 4.78 is 18.2. The SMILES string of the molecule is CCOC(=O)C1=C(C)N=c2s/c(=C3/C(=O)N(Cc4ccc(Cl)cc4)c4ccccc43)c(=O)n2[C@H]1c1ccc(OC)cc1OC. The minimum Gasteiger partial charge on any atom is -0.497 e. The van der Waals surface area contributed by atoms with E-state index in [-0.39, 0.29) is 28.2 Å². The fourth-order valence-electron chi connectivity index (χ4n) is 5.61. The number of hydrogen-bond donors (Lipinski definition) is 0. The number of fused-ring (bicyclic) bond motifs is 2. The number of thiazole rings is 1. The van der Waals surface area contributed by atoms with Gasteiger partial charge in [0.1, 0.15) is 22.1 Å². The number of esters is 1. The van der Waals surface area contributed by atoms with Gasteiger partial charge in [-0.1, -0.05) is 53.3 Å². The molecule has 0 fully saturated rings. The van der Waals surface area contributed by atoms with Crippen molar-refractivity contribution in [3.8, 4) is 11.5 Å². The highest BCUT2D eigenvalue weighted by molar-refractivity contribution is 7.07. The molecule has 11 heteroatoms. The second-order valence-electron chi connectivity index (χ2n) is 10.1. The first-order chi connectivity index (χ1) is 21.3. The summed E-state index contributed by atoms with van der Waals surface area (Å²) in [5.41, 5.74) is 3.25. The van der Waals surface area contributed by atoms with Crippen molar-refractivity contribution in [2.24, 2.45) is 4.99 Å². The van der Waals surface area contributed by atoms with Crippen LogP contribution in [0.15, 0.2) is 87.8 Å². The average molecular weight is 630 g/mol. The van der Waals surface area contributed by atoms with E-state index in [1.165, 1.54) is 11.7 Å². The molecule has 0 radical (unpaired) electrons. The van der Waals surface area contributed by atoms with Crippen molar-refractivity contribution in [1.29, 1.82) is 0 Å². The van der Waals surface area contributed by atoms with E-state index >= 15 is 0 Å². The van der Waals surface area contributed by atoms with Gasteiger partial charge >= 0.3 is 5.97 Å². The molecule has 0 N–H and O–H groups in total. The van der Waals surface area contributed by atoms with Gasteiger partial charge in [0.2, 0.25) is 0 Å². The molecular formula is C33H28ClN3O6S. The number of nitrogens with zero attached hydrogens (tertiary/aromatic N) is 3. The number of amides is 1. The zero-order valence-corrected chi connectivity index (χ0v) is 26.0. The quantitative estimate of drug-likeness (QED) is 0.281. The Morgan fingerprint density at radius 2 is 1.77 bits per heavy atom. The van der Waals surface area contributed by atoms with Crippen molar-refractivity contribution in [3.63, 3.8) is 0 Å². The molecule has 4 aromatic rings. The fraction of sp³-hybridized carbons (Fsp3) is 0.212. The summed E-state index contributed by atoms with van der Waals surface area (Å²) in [5.74, 6) is 0.0745. The number of hydrogen-bond acceptors (Lipinski definition) is 8. The van der Waals surface area contributed by atoms with Crippen LogP contribution >= 0.6 is 22.9 Å². The number of methoxy groups -OCH3 is 2. The highest BCUT2D eigenvalue weighted by atomic mass is 35.5. The van der Waals surface area contributed by atoms with E-state index in [0.29, 0.717) is 50.4 Å². The Morgan fingerprint density at radius 3 is 2.48 bits per heavy atom. The molecule has 44 heavy (non-hydrogen) atoms. The van der Waals surface area contributed by atoms with E-state index in [2.05, 4.69) is 4.99 Å². The highest BCUT2D eigenvalue weighted by Crippen LogP contribution is 2.39. The maximum absolute atomic E-state index is 14.5. The van der Waals surface area contributed by atoms with Gasteiger partial charge in [-0.25, -0.2) is 9.79 Å². The number of aromatic nitrogens is 1. The summed E-state index contributed by atoms with van der Waals surface area (Å²) in [6, 6.07) is 18.9. The smallest absolute Gasteiger partial charge is 0.338 e. The summed E-state index contributed by atoms with van der Waals surface area (Å²) in [6.07, 6.45) is 0. The van der Waals surface area contributed by atoms with Crippen molar-refractivity contribution in [2.45, 2.75) is 26.4 Å². The van der Waals surface area contributed by atoms with Crippen LogP contribution in [0.4, 0.5) is 5.69 Å². The molecule has 224 valence electrons. The summed E-state index contributed by atoms with van der Waals surface area (Å²) in [7, 11) is 3.05. The van der Waals surface area contributed by atoms with Gasteiger partial charge in [0.05, 0.1) is 49.9 Å². The first-order valence-corrected chi connectivity index (χ1v) is 15.1. The molecule has 3 aromatic carbocycles. The van der Waals surface area contributed by atoms with Gasteiger partial charge in [-0.05, 0) is 49.7 Å². The first kappa shape index (κ1) is 29.4. The van der Waals surface area contributed by atoms with Crippen LogP contribution in [0, 0.1) is 0 Å². The Bertz CT molecular complexity index is 2030. The molecule has 0 aliphatic carbocycles. The third-order valence-corrected chi connectivity index (χ3v) is 8.94. The number of benzene rings is 3. The van der Waals surface area contributed by atoms with Crippen LogP contribution in [0.2, 0.25) is 5.02 Å². The second kappa shape index (κ2) is 11.8. The number of carbonyl (C=O) groups excluding carboxylic acids is 2. The van der Waals surface area contributed by atoms with Crippen LogP contribution in [-0.2, 0) is 20.9 Å². The molecule has 0 bridgehead atoms. The molecule has 1 amide bonds. The van der Waals surface area contributed by atoms with Crippen LogP contribution in [0.25, 0.3) is 5.57 Å². The molecule has 0 saturated carbocycles. The largest absolute Gasteiger partial charge is 0.497 e. The number of rotatable bonds is 7. The molecule has 9 nitrogen and oxygen atoms in total. The summed E-state index contributed by atoms with van der Waals surface area (Å²) in [4.78, 5) is 48.6. The van der Waals surface area contributed by atoms with Crippen LogP contribution in [0.3, 0.4) is 0 Å². The Kier molecular flexibility index (Phi) is 7.87. The number of carbonyl (C=O) groups is 2. The van der Waals surface area contributed by atoms with Gasteiger partial charge in [-0.15, -0.1) is 0 Å². The standard InChI is InChI=1S/C33H28ClN3O6S/c1-5-43-32(40)26-18(2)35-33-37(28(26)23-15-14-21(41-3)16-25(23)42-4)31(39)29(44-33)27-22-8-6-7-9-24(22)36(30(27)38)17-19-10-12-20(34)13-11-19/h6-16,28H,5,17H2,1-4H3/b29-27+/t28-/m0/s1. The van der Waals surface area contributed by atoms with Crippen molar-refractivity contribution in [2.75, 3.05) is 25.7 Å². The van der Waals surface area contributed by atoms with E-state index in [9.17, 15) is 14.4 Å². The van der Waals surface area contributed by atoms with Crippen molar-refractivity contribution >= 4 is 46.1 Å². The van der Waals surface area contributed by atoms with E-state index < -0.39 is 17.6 Å². The number of ether oxygens (including phenoxy) is 3. The second-order valence-corrected chi connectivity index (χ2v) is 11.6. The molecule has 0 saturated heterocycles. The number of anilines is 1. The van der Waals surface area contributed by atoms with Gasteiger partial charge < -0.3 is 19.1 Å². The monoisotopic (exact) mass is 629 g/mol. The predicted octanol–water partition coefficient (Wildman–Crippen LogP) is 4.39. The van der Waals surface area contributed by atoms with Gasteiger partial charge in [-0.2, -0.15) is 0 Å². The molecule has 0 spiro atoms. The van der Waals surface area contributed by atoms with E-state index in [1.54, 1.807) is 56.2 Å². The molecule has 0 unspecified atom stereocenters. The minimum atomic E-state index is -0.919. The Hall–Kier alpha value is -4.67. The maximum Gasteiger partial charge on any atom is 0.338 e. The lowest BCUT2D eigenvalue weighted by Crippen LogP contribution is -2.41. The lowest BCUT2D eigenvalue weighted by Gasteiger charge is -2.26. The number of halogens is 1. The van der Waals surface area contributed by atoms with Crippen LogP contribution in [-0.4, -0.2) is 37.3 Å². The van der Waals surface area contributed by atoms with Gasteiger partial charge in [0, 0.05) is 22.2 Å². The van der Waals surface area contributed by atoms with Gasteiger partial charge in [0.15, 0.2) is 4.80 Å².